The highest BCUT2D eigenvalue weighted by atomic mass is 79.9. The molecule has 0 amide bonds. The largest absolute Gasteiger partial charge is 0.481 e. The highest BCUT2D eigenvalue weighted by Crippen LogP contribution is 2.21. The van der Waals surface area contributed by atoms with Crippen molar-refractivity contribution in [2.24, 2.45) is 0 Å². The van der Waals surface area contributed by atoms with E-state index in [1.807, 2.05) is 30.3 Å². The van der Waals surface area contributed by atoms with Crippen LogP contribution >= 0.6 is 15.9 Å². The summed E-state index contributed by atoms with van der Waals surface area (Å²) in [6.45, 7) is 2.10. The molecule has 1 N–H and O–H groups in total. The smallest absolute Gasteiger partial charge is 0.214 e. The van der Waals surface area contributed by atoms with Gasteiger partial charge < -0.3 is 10.1 Å². The van der Waals surface area contributed by atoms with Crippen LogP contribution in [0.4, 0.5) is 5.82 Å². The first kappa shape index (κ1) is 12.9. The lowest BCUT2D eigenvalue weighted by Gasteiger charge is -2.15. The molecule has 3 nitrogen and oxygen atoms in total. The van der Waals surface area contributed by atoms with Crippen molar-refractivity contribution >= 4 is 21.7 Å². The molecule has 0 spiro atoms. The van der Waals surface area contributed by atoms with Gasteiger partial charge in [-0.1, -0.05) is 34.1 Å². The molecule has 0 aliphatic rings. The second-order valence-electron chi connectivity index (χ2n) is 3.98. The molecule has 0 radical (unpaired) electrons. The molecule has 0 saturated heterocycles. The van der Waals surface area contributed by atoms with Gasteiger partial charge in [0.25, 0.3) is 0 Å². The van der Waals surface area contributed by atoms with E-state index < -0.39 is 0 Å². The Morgan fingerprint density at radius 3 is 2.56 bits per heavy atom. The van der Waals surface area contributed by atoms with Crippen LogP contribution < -0.4 is 10.1 Å². The van der Waals surface area contributed by atoms with E-state index in [-0.39, 0.29) is 6.04 Å². The number of ether oxygens (including phenoxy) is 1. The summed E-state index contributed by atoms with van der Waals surface area (Å²) in [4.78, 5) is 4.33. The minimum Gasteiger partial charge on any atom is -0.481 e. The number of aromatic nitrogens is 1. The van der Waals surface area contributed by atoms with Gasteiger partial charge in [0, 0.05) is 16.6 Å². The van der Waals surface area contributed by atoms with Gasteiger partial charge in [0.15, 0.2) is 0 Å². The highest BCUT2D eigenvalue weighted by molar-refractivity contribution is 9.10. The van der Waals surface area contributed by atoms with E-state index in [9.17, 15) is 0 Å². The maximum atomic E-state index is 5.10. The van der Waals surface area contributed by atoms with E-state index in [0.29, 0.717) is 5.88 Å². The molecule has 2 aromatic rings. The molecular weight excluding hydrogens is 292 g/mol. The summed E-state index contributed by atoms with van der Waals surface area (Å²) in [5, 5.41) is 3.35. The molecule has 0 aliphatic carbocycles. The SMILES string of the molecule is COc1cccc(NC(C)c2ccc(Br)cc2)n1. The molecule has 0 fully saturated rings. The number of rotatable bonds is 4. The summed E-state index contributed by atoms with van der Waals surface area (Å²) in [5.41, 5.74) is 1.21. The lowest BCUT2D eigenvalue weighted by molar-refractivity contribution is 0.398. The molecule has 4 heteroatoms. The summed E-state index contributed by atoms with van der Waals surface area (Å²) in [5.74, 6) is 1.42. The predicted molar refractivity (Wildman–Crippen MR) is 77.0 cm³/mol. The number of benzene rings is 1. The van der Waals surface area contributed by atoms with Crippen molar-refractivity contribution in [3.63, 3.8) is 0 Å². The van der Waals surface area contributed by atoms with Gasteiger partial charge in [0.2, 0.25) is 5.88 Å². The van der Waals surface area contributed by atoms with Gasteiger partial charge >= 0.3 is 0 Å². The van der Waals surface area contributed by atoms with Crippen molar-refractivity contribution in [3.05, 3.63) is 52.5 Å². The Balaban J connectivity index is 2.10. The normalized spacial score (nSPS) is 11.9. The number of hydrogen-bond donors (Lipinski definition) is 1. The van der Waals surface area contributed by atoms with E-state index >= 15 is 0 Å². The van der Waals surface area contributed by atoms with Gasteiger partial charge in [0.1, 0.15) is 5.82 Å². The van der Waals surface area contributed by atoms with E-state index in [1.54, 1.807) is 7.11 Å². The summed E-state index contributed by atoms with van der Waals surface area (Å²) in [6, 6.07) is 14.1. The number of halogens is 1. The second-order valence-corrected chi connectivity index (χ2v) is 4.90. The van der Waals surface area contributed by atoms with Gasteiger partial charge in [-0.2, -0.15) is 4.98 Å². The summed E-state index contributed by atoms with van der Waals surface area (Å²) in [6.07, 6.45) is 0. The van der Waals surface area contributed by atoms with Crippen LogP contribution in [0.15, 0.2) is 46.9 Å². The Hall–Kier alpha value is -1.55. The summed E-state index contributed by atoms with van der Waals surface area (Å²) >= 11 is 3.43. The lowest BCUT2D eigenvalue weighted by atomic mass is 10.1. The molecule has 18 heavy (non-hydrogen) atoms. The molecule has 0 bridgehead atoms. The number of methoxy groups -OCH3 is 1. The van der Waals surface area contributed by atoms with E-state index in [1.165, 1.54) is 5.56 Å². The molecule has 1 aromatic heterocycles. The summed E-state index contributed by atoms with van der Waals surface area (Å²) < 4.78 is 6.18. The fraction of sp³-hybridized carbons (Fsp3) is 0.214. The Kier molecular flexibility index (Phi) is 4.20. The van der Waals surface area contributed by atoms with Gasteiger partial charge in [-0.25, -0.2) is 0 Å². The Bertz CT molecular complexity index is 513. The van der Waals surface area contributed by atoms with Crippen molar-refractivity contribution in [2.45, 2.75) is 13.0 Å². The first-order valence-electron chi connectivity index (χ1n) is 5.72. The molecule has 0 saturated carbocycles. The van der Waals surface area contributed by atoms with Crippen LogP contribution in [0, 0.1) is 0 Å². The maximum absolute atomic E-state index is 5.10. The second kappa shape index (κ2) is 5.87. The van der Waals surface area contributed by atoms with Crippen LogP contribution in [0.3, 0.4) is 0 Å². The number of pyridine rings is 1. The van der Waals surface area contributed by atoms with Crippen LogP contribution in [0.5, 0.6) is 5.88 Å². The lowest BCUT2D eigenvalue weighted by Crippen LogP contribution is -2.07. The summed E-state index contributed by atoms with van der Waals surface area (Å²) in [7, 11) is 1.62. The minimum absolute atomic E-state index is 0.192. The van der Waals surface area contributed by atoms with Crippen LogP contribution in [0.25, 0.3) is 0 Å². The molecule has 94 valence electrons. The van der Waals surface area contributed by atoms with Crippen molar-refractivity contribution < 1.29 is 4.74 Å². The van der Waals surface area contributed by atoms with Gasteiger partial charge in [0.05, 0.1) is 7.11 Å². The predicted octanol–water partition coefficient (Wildman–Crippen LogP) is 4.03. The molecule has 0 aliphatic heterocycles. The average molecular weight is 307 g/mol. The molecule has 1 heterocycles. The molecule has 1 aromatic carbocycles. The molecule has 1 unspecified atom stereocenters. The molecule has 2 rings (SSSR count). The number of nitrogens with one attached hydrogen (secondary N) is 1. The zero-order valence-electron chi connectivity index (χ0n) is 10.4. The number of hydrogen-bond acceptors (Lipinski definition) is 3. The average Bonchev–Trinajstić information content (AvgIpc) is 2.39. The van der Waals surface area contributed by atoms with Crippen molar-refractivity contribution in [1.29, 1.82) is 0 Å². The van der Waals surface area contributed by atoms with Crippen LogP contribution in [0.2, 0.25) is 0 Å². The van der Waals surface area contributed by atoms with E-state index in [4.69, 9.17) is 4.74 Å². The molecular formula is C14H15BrN2O. The highest BCUT2D eigenvalue weighted by Gasteiger charge is 2.06. The van der Waals surface area contributed by atoms with Crippen LogP contribution in [-0.4, -0.2) is 12.1 Å². The number of nitrogens with zero attached hydrogens (tertiary/aromatic N) is 1. The Morgan fingerprint density at radius 2 is 1.89 bits per heavy atom. The standard InChI is InChI=1S/C14H15BrN2O/c1-10(11-6-8-12(15)9-7-11)16-13-4-3-5-14(17-13)18-2/h3-10H,1-2H3,(H,16,17). The third kappa shape index (κ3) is 3.23. The monoisotopic (exact) mass is 306 g/mol. The zero-order valence-corrected chi connectivity index (χ0v) is 11.9. The fourth-order valence-corrected chi connectivity index (χ4v) is 1.93. The number of anilines is 1. The van der Waals surface area contributed by atoms with E-state index in [2.05, 4.69) is 45.3 Å². The fourth-order valence-electron chi connectivity index (χ4n) is 1.67. The van der Waals surface area contributed by atoms with Crippen molar-refractivity contribution in [2.75, 3.05) is 12.4 Å². The van der Waals surface area contributed by atoms with Crippen LogP contribution in [0.1, 0.15) is 18.5 Å². The van der Waals surface area contributed by atoms with Gasteiger partial charge in [-0.15, -0.1) is 0 Å². The van der Waals surface area contributed by atoms with E-state index in [0.717, 1.165) is 10.3 Å². The van der Waals surface area contributed by atoms with Gasteiger partial charge in [-0.3, -0.25) is 0 Å². The maximum Gasteiger partial charge on any atom is 0.214 e. The third-order valence-corrected chi connectivity index (χ3v) is 3.20. The Morgan fingerprint density at radius 1 is 1.17 bits per heavy atom. The van der Waals surface area contributed by atoms with Gasteiger partial charge in [-0.05, 0) is 30.7 Å². The topological polar surface area (TPSA) is 34.1 Å². The quantitative estimate of drug-likeness (QED) is 0.926. The molecule has 1 atom stereocenters. The first-order chi connectivity index (χ1) is 8.69. The Labute approximate surface area is 115 Å². The van der Waals surface area contributed by atoms with Crippen molar-refractivity contribution in [3.8, 4) is 5.88 Å². The first-order valence-corrected chi connectivity index (χ1v) is 6.51. The van der Waals surface area contributed by atoms with Crippen LogP contribution in [-0.2, 0) is 0 Å². The minimum atomic E-state index is 0.192. The third-order valence-electron chi connectivity index (χ3n) is 2.67. The zero-order chi connectivity index (χ0) is 13.0. The van der Waals surface area contributed by atoms with Crippen molar-refractivity contribution in [1.82, 2.24) is 4.98 Å².